The van der Waals surface area contributed by atoms with Crippen LogP contribution in [0.25, 0.3) is 0 Å². The molecule has 0 aliphatic rings. The van der Waals surface area contributed by atoms with Crippen LogP contribution in [-0.4, -0.2) is 15.9 Å². The summed E-state index contributed by atoms with van der Waals surface area (Å²) in [5.41, 5.74) is 1.56. The molecule has 1 rings (SSSR count). The molecule has 1 aromatic heterocycles. The van der Waals surface area contributed by atoms with E-state index in [1.54, 1.807) is 0 Å². The smallest absolute Gasteiger partial charge is 0.232 e. The Morgan fingerprint density at radius 2 is 1.88 bits per heavy atom. The molecule has 1 aromatic rings. The molecule has 0 bridgehead atoms. The van der Waals surface area contributed by atoms with Gasteiger partial charge in [-0.3, -0.25) is 0 Å². The van der Waals surface area contributed by atoms with Crippen LogP contribution in [0, 0.1) is 5.41 Å². The molecule has 0 atom stereocenters. The lowest BCUT2D eigenvalue weighted by Gasteiger charge is -2.18. The van der Waals surface area contributed by atoms with Crippen molar-refractivity contribution in [2.45, 2.75) is 66.6 Å². The number of hydrogen-bond acceptors (Lipinski definition) is 2. The summed E-state index contributed by atoms with van der Waals surface area (Å²) in [6, 6.07) is 0. The third-order valence-electron chi connectivity index (χ3n) is 2.53. The minimum Gasteiger partial charge on any atom is -0.304 e. The quantitative estimate of drug-likeness (QED) is 0.790. The molecule has 0 unspecified atom stereocenters. The standard InChI is InChI=1S/C13H26N4/c1-12(2,3)7-8-17-10-11(15-16-17)9-14-13(4,5)6/h10,14H,7-9H2,1-6H3/p+1. The highest BCUT2D eigenvalue weighted by Crippen LogP contribution is 2.17. The van der Waals surface area contributed by atoms with Gasteiger partial charge in [-0.05, 0) is 32.6 Å². The minimum absolute atomic E-state index is 0.134. The van der Waals surface area contributed by atoms with Crippen LogP contribution in [0.2, 0.25) is 0 Å². The highest BCUT2D eigenvalue weighted by atomic mass is 15.4. The van der Waals surface area contributed by atoms with Crippen molar-refractivity contribution in [3.63, 3.8) is 0 Å². The summed E-state index contributed by atoms with van der Waals surface area (Å²) >= 11 is 0. The third-order valence-corrected chi connectivity index (χ3v) is 2.53. The van der Waals surface area contributed by atoms with Crippen LogP contribution < -0.4 is 10.00 Å². The summed E-state index contributed by atoms with van der Waals surface area (Å²) in [4.78, 5) is 0. The van der Waals surface area contributed by atoms with Crippen molar-refractivity contribution in [3.05, 3.63) is 11.9 Å². The van der Waals surface area contributed by atoms with Gasteiger partial charge >= 0.3 is 0 Å². The fourth-order valence-corrected chi connectivity index (χ4v) is 1.38. The Morgan fingerprint density at radius 3 is 2.41 bits per heavy atom. The molecule has 2 N–H and O–H groups in total. The van der Waals surface area contributed by atoms with Gasteiger partial charge in [0.05, 0.1) is 6.54 Å². The summed E-state index contributed by atoms with van der Waals surface area (Å²) in [7, 11) is 0. The van der Waals surface area contributed by atoms with Crippen molar-refractivity contribution >= 4 is 0 Å². The maximum absolute atomic E-state index is 4.30. The number of aromatic nitrogens is 3. The summed E-state index contributed by atoms with van der Waals surface area (Å²) in [6.07, 6.45) is 3.23. The second-order valence-electron chi connectivity index (χ2n) is 6.94. The Kier molecular flexibility index (Phi) is 4.31. The van der Waals surface area contributed by atoms with E-state index in [4.69, 9.17) is 0 Å². The minimum atomic E-state index is 0.134. The molecule has 0 aromatic carbocycles. The molecule has 0 amide bonds. The molecule has 0 fully saturated rings. The monoisotopic (exact) mass is 239 g/mol. The summed E-state index contributed by atoms with van der Waals surface area (Å²) in [5, 5.41) is 10.8. The van der Waals surface area contributed by atoms with E-state index in [1.165, 1.54) is 0 Å². The van der Waals surface area contributed by atoms with Gasteiger partial charge in [0.2, 0.25) is 5.69 Å². The van der Waals surface area contributed by atoms with Gasteiger partial charge in [-0.15, -0.1) is 0 Å². The number of nitrogens with one attached hydrogen (secondary N) is 2. The molecule has 1 heterocycles. The lowest BCUT2D eigenvalue weighted by Crippen LogP contribution is -2.37. The second-order valence-corrected chi connectivity index (χ2v) is 6.94. The van der Waals surface area contributed by atoms with Gasteiger partial charge in [0.15, 0.2) is 6.20 Å². The molecule has 0 saturated carbocycles. The SMILES string of the molecule is CC(C)(C)CC[n+]1cc(CNC(C)(C)C)n[nH]1. The highest BCUT2D eigenvalue weighted by molar-refractivity contribution is 4.88. The van der Waals surface area contributed by atoms with Crippen LogP contribution in [0.15, 0.2) is 6.20 Å². The zero-order valence-corrected chi connectivity index (χ0v) is 12.1. The Hall–Kier alpha value is -0.900. The van der Waals surface area contributed by atoms with Gasteiger partial charge in [0.25, 0.3) is 0 Å². The van der Waals surface area contributed by atoms with Crippen molar-refractivity contribution in [2.75, 3.05) is 0 Å². The van der Waals surface area contributed by atoms with Crippen LogP contribution in [0.4, 0.5) is 0 Å². The first-order chi connectivity index (χ1) is 7.66. The number of rotatable bonds is 4. The van der Waals surface area contributed by atoms with E-state index < -0.39 is 0 Å². The molecule has 0 spiro atoms. The molecule has 0 aliphatic heterocycles. The predicted octanol–water partition coefficient (Wildman–Crippen LogP) is 2.02. The largest absolute Gasteiger partial charge is 0.304 e. The normalized spacial score (nSPS) is 13.1. The van der Waals surface area contributed by atoms with E-state index in [0.29, 0.717) is 5.41 Å². The topological polar surface area (TPSA) is 44.6 Å². The number of H-pyrrole nitrogens is 1. The number of aryl methyl sites for hydroxylation is 1. The van der Waals surface area contributed by atoms with E-state index in [1.807, 2.05) is 0 Å². The third kappa shape index (κ3) is 6.41. The molecule has 0 radical (unpaired) electrons. The van der Waals surface area contributed by atoms with Crippen LogP contribution in [0.5, 0.6) is 0 Å². The fourth-order valence-electron chi connectivity index (χ4n) is 1.38. The first-order valence-electron chi connectivity index (χ1n) is 6.34. The Labute approximate surface area is 105 Å². The summed E-state index contributed by atoms with van der Waals surface area (Å²) in [5.74, 6) is 0. The molecule has 4 nitrogen and oxygen atoms in total. The van der Waals surface area contributed by atoms with Crippen molar-refractivity contribution in [3.8, 4) is 0 Å². The summed E-state index contributed by atoms with van der Waals surface area (Å²) in [6.45, 7) is 15.0. The number of aromatic amines is 1. The van der Waals surface area contributed by atoms with Crippen molar-refractivity contribution in [1.82, 2.24) is 15.6 Å². The molecule has 0 aliphatic carbocycles. The number of nitrogens with zero attached hydrogens (tertiary/aromatic N) is 2. The van der Waals surface area contributed by atoms with Gasteiger partial charge in [-0.2, -0.15) is 4.68 Å². The van der Waals surface area contributed by atoms with E-state index in [9.17, 15) is 0 Å². The van der Waals surface area contributed by atoms with Gasteiger partial charge in [0.1, 0.15) is 6.54 Å². The Morgan fingerprint density at radius 1 is 1.24 bits per heavy atom. The molecule has 4 heteroatoms. The van der Waals surface area contributed by atoms with Gasteiger partial charge in [-0.1, -0.05) is 26.0 Å². The van der Waals surface area contributed by atoms with Gasteiger partial charge < -0.3 is 5.32 Å². The van der Waals surface area contributed by atoms with Gasteiger partial charge in [0, 0.05) is 10.6 Å². The Bertz CT molecular complexity index is 309. The average Bonchev–Trinajstić information content (AvgIpc) is 2.57. The van der Waals surface area contributed by atoms with Crippen LogP contribution >= 0.6 is 0 Å². The molecular formula is C13H27N4+. The first kappa shape index (κ1) is 14.2. The zero-order chi connectivity index (χ0) is 13.1. The van der Waals surface area contributed by atoms with Crippen molar-refractivity contribution in [1.29, 1.82) is 0 Å². The molecular weight excluding hydrogens is 212 g/mol. The van der Waals surface area contributed by atoms with E-state index in [-0.39, 0.29) is 5.54 Å². The average molecular weight is 239 g/mol. The lowest BCUT2D eigenvalue weighted by molar-refractivity contribution is -0.755. The predicted molar refractivity (Wildman–Crippen MR) is 69.4 cm³/mol. The van der Waals surface area contributed by atoms with Crippen LogP contribution in [0.1, 0.15) is 53.7 Å². The van der Waals surface area contributed by atoms with E-state index >= 15 is 0 Å². The molecule has 17 heavy (non-hydrogen) atoms. The number of hydrogen-bond donors (Lipinski definition) is 2. The Balaban J connectivity index is 2.43. The molecule has 0 saturated heterocycles. The highest BCUT2D eigenvalue weighted by Gasteiger charge is 2.16. The van der Waals surface area contributed by atoms with E-state index in [0.717, 1.165) is 25.2 Å². The zero-order valence-electron chi connectivity index (χ0n) is 12.1. The van der Waals surface area contributed by atoms with Crippen LogP contribution in [0.3, 0.4) is 0 Å². The maximum atomic E-state index is 4.30. The van der Waals surface area contributed by atoms with E-state index in [2.05, 4.69) is 68.0 Å². The fraction of sp³-hybridized carbons (Fsp3) is 0.846. The first-order valence-corrected chi connectivity index (χ1v) is 6.34. The maximum Gasteiger partial charge on any atom is 0.232 e. The van der Waals surface area contributed by atoms with Gasteiger partial charge in [-0.25, -0.2) is 0 Å². The van der Waals surface area contributed by atoms with Crippen molar-refractivity contribution < 1.29 is 4.68 Å². The van der Waals surface area contributed by atoms with Crippen molar-refractivity contribution in [2.24, 2.45) is 5.41 Å². The molecule has 98 valence electrons. The second kappa shape index (κ2) is 5.17. The lowest BCUT2D eigenvalue weighted by atomic mass is 9.92. The summed E-state index contributed by atoms with van der Waals surface area (Å²) < 4.78 is 2.06. The van der Waals surface area contributed by atoms with Crippen LogP contribution in [-0.2, 0) is 13.1 Å².